The van der Waals surface area contributed by atoms with Crippen LogP contribution in [0.2, 0.25) is 5.02 Å². The minimum Gasteiger partial charge on any atom is -0.462 e. The summed E-state index contributed by atoms with van der Waals surface area (Å²) in [5.41, 5.74) is 2.88. The van der Waals surface area contributed by atoms with E-state index in [0.717, 1.165) is 38.7 Å². The molecule has 1 N–H and O–H groups in total. The van der Waals surface area contributed by atoms with Crippen LogP contribution >= 0.6 is 23.4 Å². The maximum absolute atomic E-state index is 13.4. The number of anilines is 1. The van der Waals surface area contributed by atoms with Crippen molar-refractivity contribution in [1.29, 1.82) is 0 Å². The van der Waals surface area contributed by atoms with Gasteiger partial charge in [-0.05, 0) is 66.7 Å². The minimum absolute atomic E-state index is 0.0824. The van der Waals surface area contributed by atoms with Crippen molar-refractivity contribution < 1.29 is 28.3 Å². The smallest absolute Gasteiger partial charge is 0.339 e. The Morgan fingerprint density at radius 3 is 2.59 bits per heavy atom. The number of fused-ring (bicyclic) bond motifs is 1. The summed E-state index contributed by atoms with van der Waals surface area (Å²) in [6, 6.07) is 18.2. The molecule has 0 bridgehead atoms. The molecular weight excluding hydrogens is 569 g/mol. The highest BCUT2D eigenvalue weighted by Gasteiger charge is 2.36. The molecular formula is C30H23ClFN3O5S. The third kappa shape index (κ3) is 6.18. The van der Waals surface area contributed by atoms with Gasteiger partial charge in [-0.3, -0.25) is 19.3 Å². The summed E-state index contributed by atoms with van der Waals surface area (Å²) in [7, 11) is 0. The summed E-state index contributed by atoms with van der Waals surface area (Å²) in [6.45, 7) is 1.80. The average Bonchev–Trinajstić information content (AvgIpc) is 3.42. The molecule has 0 atom stereocenters. The minimum atomic E-state index is -0.635. The summed E-state index contributed by atoms with van der Waals surface area (Å²) < 4.78 is 20.3. The van der Waals surface area contributed by atoms with Crippen molar-refractivity contribution in [2.45, 2.75) is 13.5 Å². The number of halogens is 2. The predicted octanol–water partition coefficient (Wildman–Crippen LogP) is 6.33. The molecule has 1 saturated heterocycles. The molecule has 0 saturated carbocycles. The first-order valence-electron chi connectivity index (χ1n) is 12.6. The van der Waals surface area contributed by atoms with Gasteiger partial charge in [-0.1, -0.05) is 41.9 Å². The summed E-state index contributed by atoms with van der Waals surface area (Å²) in [6.07, 6.45) is 3.51. The molecule has 5 rings (SSSR count). The van der Waals surface area contributed by atoms with E-state index in [0.29, 0.717) is 6.54 Å². The Hall–Kier alpha value is -4.41. The largest absolute Gasteiger partial charge is 0.462 e. The molecule has 3 aromatic carbocycles. The Morgan fingerprint density at radius 2 is 1.83 bits per heavy atom. The highest BCUT2D eigenvalue weighted by atomic mass is 35.5. The van der Waals surface area contributed by atoms with Gasteiger partial charge in [-0.15, -0.1) is 0 Å². The number of para-hydroxylation sites is 1. The molecule has 8 nitrogen and oxygen atoms in total. The first-order valence-corrected chi connectivity index (χ1v) is 13.8. The Labute approximate surface area is 243 Å². The number of amides is 3. The van der Waals surface area contributed by atoms with Gasteiger partial charge in [0.25, 0.3) is 11.1 Å². The molecule has 1 aromatic heterocycles. The SMILES string of the molecule is CCOC(=O)c1cc(NC(=O)CN2C(=O)S/C(=C\c3cn(Cc4ccc(F)cc4)c4ccccc34)C2=O)ccc1Cl. The maximum atomic E-state index is 13.4. The second-order valence-corrected chi connectivity index (χ2v) is 10.5. The van der Waals surface area contributed by atoms with Crippen LogP contribution in [0.15, 0.2) is 77.8 Å². The molecule has 1 fully saturated rings. The number of carbonyl (C=O) groups excluding carboxylic acids is 4. The van der Waals surface area contributed by atoms with Crippen LogP contribution in [0.4, 0.5) is 14.9 Å². The molecule has 208 valence electrons. The van der Waals surface area contributed by atoms with Gasteiger partial charge in [0.15, 0.2) is 0 Å². The molecule has 2 heterocycles. The van der Waals surface area contributed by atoms with E-state index in [4.69, 9.17) is 16.3 Å². The molecule has 3 amide bonds. The van der Waals surface area contributed by atoms with Crippen molar-refractivity contribution in [3.63, 3.8) is 0 Å². The number of thioether (sulfide) groups is 1. The van der Waals surface area contributed by atoms with Crippen LogP contribution in [-0.2, 0) is 20.9 Å². The van der Waals surface area contributed by atoms with E-state index in [9.17, 15) is 23.6 Å². The van der Waals surface area contributed by atoms with Crippen LogP contribution in [0.1, 0.15) is 28.4 Å². The molecule has 1 aliphatic rings. The fourth-order valence-corrected chi connectivity index (χ4v) is 5.42. The number of rotatable bonds is 8. The van der Waals surface area contributed by atoms with E-state index in [2.05, 4.69) is 5.32 Å². The van der Waals surface area contributed by atoms with E-state index < -0.39 is 29.6 Å². The third-order valence-electron chi connectivity index (χ3n) is 6.29. The fraction of sp³-hybridized carbons (Fsp3) is 0.133. The first-order chi connectivity index (χ1) is 19.7. The van der Waals surface area contributed by atoms with E-state index in [1.807, 2.05) is 35.0 Å². The van der Waals surface area contributed by atoms with E-state index in [-0.39, 0.29) is 33.6 Å². The van der Waals surface area contributed by atoms with Crippen molar-refractivity contribution in [1.82, 2.24) is 9.47 Å². The average molecular weight is 592 g/mol. The van der Waals surface area contributed by atoms with Crippen molar-refractivity contribution in [2.24, 2.45) is 0 Å². The quantitative estimate of drug-likeness (QED) is 0.190. The molecule has 0 spiro atoms. The summed E-state index contributed by atoms with van der Waals surface area (Å²) >= 11 is 6.82. The molecule has 0 unspecified atom stereocenters. The van der Waals surface area contributed by atoms with Gasteiger partial charge in [0.1, 0.15) is 12.4 Å². The number of ether oxygens (including phenoxy) is 1. The summed E-state index contributed by atoms with van der Waals surface area (Å²) in [4.78, 5) is 51.7. The zero-order chi connectivity index (χ0) is 29.1. The lowest BCUT2D eigenvalue weighted by atomic mass is 10.1. The number of imide groups is 1. The summed E-state index contributed by atoms with van der Waals surface area (Å²) in [5.74, 6) is -2.16. The van der Waals surface area contributed by atoms with Crippen LogP contribution in [-0.4, -0.2) is 45.6 Å². The second-order valence-electron chi connectivity index (χ2n) is 9.09. The standard InChI is InChI=1S/C30H23ClFN3O5S/c1-2-40-29(38)23-14-21(11-12-24(23)31)33-27(36)17-35-28(37)26(41-30(35)39)13-19-16-34(25-6-4-3-5-22(19)25)15-18-7-9-20(32)10-8-18/h3-14,16H,2,15,17H2,1H3,(H,33,36)/b26-13-. The number of nitrogens with one attached hydrogen (secondary N) is 1. The van der Waals surface area contributed by atoms with Gasteiger partial charge in [0.2, 0.25) is 5.91 Å². The number of hydrogen-bond acceptors (Lipinski definition) is 6. The Kier molecular flexibility index (Phi) is 8.23. The van der Waals surface area contributed by atoms with Crippen LogP contribution < -0.4 is 5.32 Å². The number of benzene rings is 3. The van der Waals surface area contributed by atoms with Gasteiger partial charge >= 0.3 is 5.97 Å². The number of carbonyl (C=O) groups is 4. The van der Waals surface area contributed by atoms with Crippen molar-refractivity contribution in [3.05, 3.63) is 105 Å². The molecule has 1 aliphatic heterocycles. The van der Waals surface area contributed by atoms with E-state index in [1.165, 1.54) is 30.3 Å². The molecule has 0 aliphatic carbocycles. The maximum Gasteiger partial charge on any atom is 0.339 e. The number of nitrogens with zero attached hydrogens (tertiary/aromatic N) is 2. The lowest BCUT2D eigenvalue weighted by Crippen LogP contribution is -2.36. The van der Waals surface area contributed by atoms with Crippen molar-refractivity contribution in [3.8, 4) is 0 Å². The van der Waals surface area contributed by atoms with E-state index >= 15 is 0 Å². The topological polar surface area (TPSA) is 97.7 Å². The third-order valence-corrected chi connectivity index (χ3v) is 7.53. The van der Waals surface area contributed by atoms with Crippen LogP contribution in [0.5, 0.6) is 0 Å². The summed E-state index contributed by atoms with van der Waals surface area (Å²) in [5, 5.41) is 3.05. The van der Waals surface area contributed by atoms with Crippen LogP contribution in [0.25, 0.3) is 17.0 Å². The number of esters is 1. The van der Waals surface area contributed by atoms with Gasteiger partial charge in [0, 0.05) is 34.9 Å². The van der Waals surface area contributed by atoms with Gasteiger partial charge in [-0.2, -0.15) is 0 Å². The van der Waals surface area contributed by atoms with Crippen LogP contribution in [0.3, 0.4) is 0 Å². The lowest BCUT2D eigenvalue weighted by Gasteiger charge is -2.13. The van der Waals surface area contributed by atoms with Crippen LogP contribution in [0, 0.1) is 5.82 Å². The second kappa shape index (κ2) is 12.0. The lowest BCUT2D eigenvalue weighted by molar-refractivity contribution is -0.127. The van der Waals surface area contributed by atoms with E-state index in [1.54, 1.807) is 25.1 Å². The zero-order valence-corrected chi connectivity index (χ0v) is 23.3. The highest BCUT2D eigenvalue weighted by molar-refractivity contribution is 8.18. The zero-order valence-electron chi connectivity index (χ0n) is 21.7. The number of aromatic nitrogens is 1. The Balaban J connectivity index is 1.33. The first kappa shape index (κ1) is 28.1. The Bertz CT molecular complexity index is 1720. The molecule has 11 heteroatoms. The fourth-order valence-electron chi connectivity index (χ4n) is 4.40. The van der Waals surface area contributed by atoms with Gasteiger partial charge in [0.05, 0.1) is 22.1 Å². The number of hydrogen-bond donors (Lipinski definition) is 1. The monoisotopic (exact) mass is 591 g/mol. The van der Waals surface area contributed by atoms with Gasteiger partial charge < -0.3 is 14.6 Å². The molecule has 41 heavy (non-hydrogen) atoms. The Morgan fingerprint density at radius 1 is 1.07 bits per heavy atom. The van der Waals surface area contributed by atoms with Crippen molar-refractivity contribution in [2.75, 3.05) is 18.5 Å². The predicted molar refractivity (Wildman–Crippen MR) is 156 cm³/mol. The van der Waals surface area contributed by atoms with Gasteiger partial charge in [-0.25, -0.2) is 9.18 Å². The van der Waals surface area contributed by atoms with Crippen molar-refractivity contribution >= 4 is 69.1 Å². The highest BCUT2D eigenvalue weighted by Crippen LogP contribution is 2.34. The molecule has 4 aromatic rings. The normalized spacial score (nSPS) is 14.2. The molecule has 0 radical (unpaired) electrons.